The summed E-state index contributed by atoms with van der Waals surface area (Å²) in [4.78, 5) is 25.3. The maximum Gasteiger partial charge on any atom is 0.0971 e. The van der Waals surface area contributed by atoms with E-state index in [0.717, 1.165) is 110 Å². The van der Waals surface area contributed by atoms with Gasteiger partial charge >= 0.3 is 0 Å². The van der Waals surface area contributed by atoms with E-state index < -0.39 is 0 Å². The molecule has 12 aromatic rings. The van der Waals surface area contributed by atoms with E-state index in [-0.39, 0.29) is 0 Å². The van der Waals surface area contributed by atoms with E-state index in [1.165, 1.54) is 10.8 Å². The summed E-state index contributed by atoms with van der Waals surface area (Å²) in [6.07, 6.45) is 5.58. The standard InChI is InChI=1S/C51H29N5/c1-2-11-31(12-3-1)47-46-40-18-10-28-54-51(40)50-38(16-8-27-53-50)44(46)37-25-24-33(29-42(37)56-47)30-20-22-32(23-21-30)48-45-39-17-9-26-52-49(39)35-14-5-4-13-34(35)43(45)36-15-6-7-19-41(36)55-48/h1-29H. The van der Waals surface area contributed by atoms with Crippen LogP contribution >= 0.6 is 0 Å². The summed E-state index contributed by atoms with van der Waals surface area (Å²) in [6, 6.07) is 55.5. The quantitative estimate of drug-likeness (QED) is 0.171. The van der Waals surface area contributed by atoms with Gasteiger partial charge in [0.05, 0.1) is 39.0 Å². The van der Waals surface area contributed by atoms with Crippen molar-refractivity contribution in [3.63, 3.8) is 0 Å². The van der Waals surface area contributed by atoms with Crippen LogP contribution in [0.3, 0.4) is 0 Å². The number of para-hydroxylation sites is 1. The van der Waals surface area contributed by atoms with Crippen LogP contribution in [0.15, 0.2) is 176 Å². The first-order valence-electron chi connectivity index (χ1n) is 18.8. The van der Waals surface area contributed by atoms with Crippen molar-refractivity contribution in [2.45, 2.75) is 0 Å². The van der Waals surface area contributed by atoms with Gasteiger partial charge in [-0.3, -0.25) is 15.0 Å². The van der Waals surface area contributed by atoms with Gasteiger partial charge in [0.15, 0.2) is 0 Å². The largest absolute Gasteiger partial charge is 0.256 e. The molecule has 0 fully saturated rings. The number of nitrogens with zero attached hydrogens (tertiary/aromatic N) is 5. The van der Waals surface area contributed by atoms with E-state index in [4.69, 9.17) is 24.9 Å². The van der Waals surface area contributed by atoms with Gasteiger partial charge in [-0.1, -0.05) is 127 Å². The molecule has 0 atom stereocenters. The van der Waals surface area contributed by atoms with Crippen molar-refractivity contribution in [3.8, 4) is 33.6 Å². The lowest BCUT2D eigenvalue weighted by Crippen LogP contribution is -1.95. The third-order valence-electron chi connectivity index (χ3n) is 11.3. The molecule has 5 heterocycles. The van der Waals surface area contributed by atoms with Crippen molar-refractivity contribution in [3.05, 3.63) is 176 Å². The van der Waals surface area contributed by atoms with E-state index in [1.807, 2.05) is 42.9 Å². The summed E-state index contributed by atoms with van der Waals surface area (Å²) >= 11 is 0. The maximum absolute atomic E-state index is 5.43. The second-order valence-electron chi connectivity index (χ2n) is 14.4. The fourth-order valence-corrected chi connectivity index (χ4v) is 8.90. The lowest BCUT2D eigenvalue weighted by molar-refractivity contribution is 1.38. The van der Waals surface area contributed by atoms with Crippen LogP contribution in [0.5, 0.6) is 0 Å². The monoisotopic (exact) mass is 711 g/mol. The van der Waals surface area contributed by atoms with Crippen LogP contribution < -0.4 is 0 Å². The molecule has 0 aliphatic rings. The second kappa shape index (κ2) is 11.9. The molecule has 0 N–H and O–H groups in total. The minimum absolute atomic E-state index is 0.886. The lowest BCUT2D eigenvalue weighted by Gasteiger charge is -2.16. The minimum atomic E-state index is 0.886. The predicted molar refractivity (Wildman–Crippen MR) is 232 cm³/mol. The number of aromatic nitrogens is 5. The zero-order valence-electron chi connectivity index (χ0n) is 30.0. The maximum atomic E-state index is 5.43. The Bertz CT molecular complexity index is 3580. The Kier molecular flexibility index (Phi) is 6.56. The smallest absolute Gasteiger partial charge is 0.0971 e. The highest BCUT2D eigenvalue weighted by Gasteiger charge is 2.20. The molecule has 12 rings (SSSR count). The van der Waals surface area contributed by atoms with Gasteiger partial charge < -0.3 is 0 Å². The van der Waals surface area contributed by atoms with E-state index in [9.17, 15) is 0 Å². The number of fused-ring (bicyclic) bond motifs is 16. The molecule has 0 radical (unpaired) electrons. The van der Waals surface area contributed by atoms with Crippen LogP contribution in [-0.4, -0.2) is 24.9 Å². The molecule has 258 valence electrons. The SMILES string of the molecule is c1ccc(-c2nc3cc(-c4ccc(-c5nc6ccccc6c6c7ccccc7c7ncccc7c56)cc4)ccc3c3c4cccnc4c4ncccc4c23)cc1. The molecule has 0 spiro atoms. The topological polar surface area (TPSA) is 64.5 Å². The number of rotatable bonds is 3. The van der Waals surface area contributed by atoms with Crippen molar-refractivity contribution < 1.29 is 0 Å². The molecule has 0 aliphatic carbocycles. The van der Waals surface area contributed by atoms with Crippen molar-refractivity contribution in [1.29, 1.82) is 0 Å². The van der Waals surface area contributed by atoms with E-state index in [2.05, 4.69) is 133 Å². The van der Waals surface area contributed by atoms with Crippen LogP contribution in [-0.2, 0) is 0 Å². The van der Waals surface area contributed by atoms with Crippen LogP contribution in [0.2, 0.25) is 0 Å². The lowest BCUT2D eigenvalue weighted by atomic mass is 9.91. The Morgan fingerprint density at radius 1 is 0.268 bits per heavy atom. The normalized spacial score (nSPS) is 11.9. The second-order valence-corrected chi connectivity index (χ2v) is 14.4. The Labute approximate surface area is 320 Å². The molecule has 56 heavy (non-hydrogen) atoms. The van der Waals surface area contributed by atoms with Crippen LogP contribution in [0, 0.1) is 0 Å². The summed E-state index contributed by atoms with van der Waals surface area (Å²) in [6.45, 7) is 0. The predicted octanol–water partition coefficient (Wildman–Crippen LogP) is 12.9. The molecule has 0 amide bonds. The molecular weight excluding hydrogens is 683 g/mol. The Balaban J connectivity index is 1.08. The summed E-state index contributed by atoms with van der Waals surface area (Å²) in [5.41, 5.74) is 10.9. The summed E-state index contributed by atoms with van der Waals surface area (Å²) in [5, 5.41) is 12.3. The third kappa shape index (κ3) is 4.46. The average molecular weight is 712 g/mol. The summed E-state index contributed by atoms with van der Waals surface area (Å²) in [7, 11) is 0. The first-order valence-corrected chi connectivity index (χ1v) is 18.8. The Morgan fingerprint density at radius 2 is 0.732 bits per heavy atom. The van der Waals surface area contributed by atoms with Gasteiger partial charge in [-0.2, -0.15) is 0 Å². The highest BCUT2D eigenvalue weighted by Crippen LogP contribution is 2.44. The molecule has 0 bridgehead atoms. The third-order valence-corrected chi connectivity index (χ3v) is 11.3. The van der Waals surface area contributed by atoms with Gasteiger partial charge in [-0.25, -0.2) is 9.97 Å². The zero-order chi connectivity index (χ0) is 36.7. The molecule has 5 aromatic heterocycles. The number of benzene rings is 7. The van der Waals surface area contributed by atoms with Crippen LogP contribution in [0.25, 0.3) is 120 Å². The number of pyridine rings is 5. The molecule has 7 aromatic carbocycles. The van der Waals surface area contributed by atoms with Gasteiger partial charge in [-0.05, 0) is 46.8 Å². The van der Waals surface area contributed by atoms with Gasteiger partial charge in [0, 0.05) is 83.6 Å². The zero-order valence-corrected chi connectivity index (χ0v) is 30.0. The molecule has 0 saturated carbocycles. The van der Waals surface area contributed by atoms with Gasteiger partial charge in [0.2, 0.25) is 0 Å². The molecule has 0 saturated heterocycles. The van der Waals surface area contributed by atoms with Crippen molar-refractivity contribution >= 4 is 86.8 Å². The molecule has 5 nitrogen and oxygen atoms in total. The van der Waals surface area contributed by atoms with Crippen LogP contribution in [0.1, 0.15) is 0 Å². The van der Waals surface area contributed by atoms with E-state index in [1.54, 1.807) is 0 Å². The number of hydrogen-bond donors (Lipinski definition) is 0. The molecule has 5 heteroatoms. The van der Waals surface area contributed by atoms with Gasteiger partial charge in [-0.15, -0.1) is 0 Å². The van der Waals surface area contributed by atoms with E-state index in [0.29, 0.717) is 0 Å². The molecule has 0 aliphatic heterocycles. The average Bonchev–Trinajstić information content (AvgIpc) is 3.28. The van der Waals surface area contributed by atoms with Crippen LogP contribution in [0.4, 0.5) is 0 Å². The van der Waals surface area contributed by atoms with Crippen molar-refractivity contribution in [2.75, 3.05) is 0 Å². The number of hydrogen-bond acceptors (Lipinski definition) is 5. The summed E-state index contributed by atoms with van der Waals surface area (Å²) in [5.74, 6) is 0. The fraction of sp³-hybridized carbons (Fsp3) is 0. The minimum Gasteiger partial charge on any atom is -0.256 e. The van der Waals surface area contributed by atoms with E-state index >= 15 is 0 Å². The highest BCUT2D eigenvalue weighted by molar-refractivity contribution is 6.34. The Hall–Kier alpha value is -7.63. The summed E-state index contributed by atoms with van der Waals surface area (Å²) < 4.78 is 0. The molecule has 0 unspecified atom stereocenters. The van der Waals surface area contributed by atoms with Crippen molar-refractivity contribution in [2.24, 2.45) is 0 Å². The molecular formula is C51H29N5. The fourth-order valence-electron chi connectivity index (χ4n) is 8.90. The Morgan fingerprint density at radius 3 is 1.45 bits per heavy atom. The first-order chi connectivity index (χ1) is 27.8. The van der Waals surface area contributed by atoms with Gasteiger partial charge in [0.1, 0.15) is 0 Å². The van der Waals surface area contributed by atoms with Gasteiger partial charge in [0.25, 0.3) is 0 Å². The highest BCUT2D eigenvalue weighted by atomic mass is 14.7. The first kappa shape index (κ1) is 30.8. The van der Waals surface area contributed by atoms with Crippen molar-refractivity contribution in [1.82, 2.24) is 24.9 Å².